The zero-order valence-corrected chi connectivity index (χ0v) is 15.2. The van der Waals surface area contributed by atoms with E-state index in [-0.39, 0.29) is 0 Å². The van der Waals surface area contributed by atoms with Gasteiger partial charge in [-0.25, -0.2) is 0 Å². The first kappa shape index (κ1) is 15.3. The second kappa shape index (κ2) is 5.12. The zero-order chi connectivity index (χ0) is 15.5. The first-order valence-corrected chi connectivity index (χ1v) is 10.2. The van der Waals surface area contributed by atoms with Gasteiger partial charge in [-0.2, -0.15) is 0 Å². The predicted octanol–water partition coefficient (Wildman–Crippen LogP) is 6.61. The smallest absolute Gasteiger partial charge is 0.00622 e. The normalized spacial score (nSPS) is 54.5. The van der Waals surface area contributed by atoms with Crippen molar-refractivity contribution in [1.29, 1.82) is 0 Å². The first-order valence-electron chi connectivity index (χ1n) is 10.2. The molecule has 0 aromatic heterocycles. The predicted molar refractivity (Wildman–Crippen MR) is 94.6 cm³/mol. The Labute approximate surface area is 138 Å². The summed E-state index contributed by atoms with van der Waals surface area (Å²) in [6.45, 7) is 12.3. The minimum atomic E-state index is 0.540. The van der Waals surface area contributed by atoms with Gasteiger partial charge in [-0.1, -0.05) is 45.8 Å². The number of hydrogen-bond acceptors (Lipinski definition) is 0. The lowest BCUT2D eigenvalue weighted by atomic mass is 9.43. The van der Waals surface area contributed by atoms with E-state index in [0.29, 0.717) is 10.8 Å². The maximum atomic E-state index is 4.54. The Hall–Kier alpha value is -0.260. The van der Waals surface area contributed by atoms with Gasteiger partial charge in [0, 0.05) is 0 Å². The van der Waals surface area contributed by atoms with Gasteiger partial charge in [-0.3, -0.25) is 0 Å². The number of fused-ring (bicyclic) bond motifs is 5. The summed E-state index contributed by atoms with van der Waals surface area (Å²) in [5.41, 5.74) is 2.84. The minimum absolute atomic E-state index is 0.540. The van der Waals surface area contributed by atoms with Gasteiger partial charge in [0.1, 0.15) is 0 Å². The molecule has 22 heavy (non-hydrogen) atoms. The van der Waals surface area contributed by atoms with Crippen molar-refractivity contribution in [3.63, 3.8) is 0 Å². The molecular formula is C22H36. The summed E-state index contributed by atoms with van der Waals surface area (Å²) < 4.78 is 0. The molecule has 0 N–H and O–H groups in total. The average molecular weight is 301 g/mol. The molecule has 0 heterocycles. The molecule has 4 fully saturated rings. The SMILES string of the molecule is C=C1CCC2C3CC(C)C4CCCCC4(C)C3CCC12CC. The first-order chi connectivity index (χ1) is 10.5. The molecule has 0 saturated heterocycles. The minimum Gasteiger partial charge on any atom is -0.0993 e. The second-order valence-corrected chi connectivity index (χ2v) is 9.64. The van der Waals surface area contributed by atoms with Gasteiger partial charge in [-0.05, 0) is 91.8 Å². The van der Waals surface area contributed by atoms with Crippen LogP contribution in [0.2, 0.25) is 0 Å². The van der Waals surface area contributed by atoms with Gasteiger partial charge in [-0.15, -0.1) is 0 Å². The van der Waals surface area contributed by atoms with Crippen LogP contribution >= 0.6 is 0 Å². The maximum absolute atomic E-state index is 4.54. The lowest BCUT2D eigenvalue weighted by molar-refractivity contribution is -0.124. The Kier molecular flexibility index (Phi) is 3.55. The molecule has 0 aliphatic heterocycles. The van der Waals surface area contributed by atoms with Crippen molar-refractivity contribution in [2.24, 2.45) is 40.4 Å². The van der Waals surface area contributed by atoms with Crippen LogP contribution < -0.4 is 0 Å². The lowest BCUT2D eigenvalue weighted by Crippen LogP contribution is -2.54. The van der Waals surface area contributed by atoms with E-state index in [1.54, 1.807) is 5.57 Å². The van der Waals surface area contributed by atoms with Crippen LogP contribution in [0.1, 0.15) is 85.0 Å². The van der Waals surface area contributed by atoms with Crippen LogP contribution in [0.25, 0.3) is 0 Å². The van der Waals surface area contributed by atoms with Crippen molar-refractivity contribution >= 4 is 0 Å². The summed E-state index contributed by atoms with van der Waals surface area (Å²) in [5.74, 6) is 5.02. The van der Waals surface area contributed by atoms with E-state index >= 15 is 0 Å². The van der Waals surface area contributed by atoms with Crippen molar-refractivity contribution in [1.82, 2.24) is 0 Å². The van der Waals surface area contributed by atoms with Crippen molar-refractivity contribution in [3.8, 4) is 0 Å². The van der Waals surface area contributed by atoms with Gasteiger partial charge in [0.05, 0.1) is 0 Å². The van der Waals surface area contributed by atoms with E-state index in [9.17, 15) is 0 Å². The van der Waals surface area contributed by atoms with Gasteiger partial charge >= 0.3 is 0 Å². The van der Waals surface area contributed by atoms with E-state index in [1.165, 1.54) is 64.2 Å². The molecule has 4 aliphatic carbocycles. The second-order valence-electron chi connectivity index (χ2n) is 9.64. The van der Waals surface area contributed by atoms with Crippen LogP contribution in [-0.4, -0.2) is 0 Å². The Morgan fingerprint density at radius 1 is 1.05 bits per heavy atom. The molecule has 4 aliphatic rings. The number of rotatable bonds is 1. The van der Waals surface area contributed by atoms with E-state index < -0.39 is 0 Å². The lowest BCUT2D eigenvalue weighted by Gasteiger charge is -2.62. The Morgan fingerprint density at radius 3 is 2.64 bits per heavy atom. The Bertz CT molecular complexity index is 463. The van der Waals surface area contributed by atoms with E-state index in [0.717, 1.165) is 29.6 Å². The van der Waals surface area contributed by atoms with Crippen molar-refractivity contribution in [3.05, 3.63) is 12.2 Å². The molecule has 0 radical (unpaired) electrons. The Morgan fingerprint density at radius 2 is 1.86 bits per heavy atom. The summed E-state index contributed by atoms with van der Waals surface area (Å²) in [4.78, 5) is 0. The quantitative estimate of drug-likeness (QED) is 0.478. The molecule has 124 valence electrons. The molecule has 7 unspecified atom stereocenters. The van der Waals surface area contributed by atoms with Gasteiger partial charge in [0.2, 0.25) is 0 Å². The molecule has 0 heteroatoms. The summed E-state index contributed by atoms with van der Waals surface area (Å²) in [6.07, 6.45) is 14.7. The van der Waals surface area contributed by atoms with Crippen LogP contribution in [0.4, 0.5) is 0 Å². The van der Waals surface area contributed by atoms with Gasteiger partial charge < -0.3 is 0 Å². The largest absolute Gasteiger partial charge is 0.0993 e. The molecule has 0 spiro atoms. The van der Waals surface area contributed by atoms with Gasteiger partial charge in [0.25, 0.3) is 0 Å². The van der Waals surface area contributed by atoms with E-state index in [2.05, 4.69) is 27.4 Å². The van der Waals surface area contributed by atoms with Crippen molar-refractivity contribution in [2.75, 3.05) is 0 Å². The van der Waals surface area contributed by atoms with Crippen LogP contribution in [0, 0.1) is 40.4 Å². The standard InChI is InChI=1S/C22H36/c1-5-22-13-11-19-17(20(22)10-9-16(22)3)14-15(2)18-8-6-7-12-21(18,19)4/h15,17-20H,3,5-14H2,1-2,4H3. The van der Waals surface area contributed by atoms with Crippen LogP contribution in [0.5, 0.6) is 0 Å². The molecule has 4 rings (SSSR count). The van der Waals surface area contributed by atoms with Crippen LogP contribution in [0.15, 0.2) is 12.2 Å². The molecule has 4 saturated carbocycles. The highest BCUT2D eigenvalue weighted by molar-refractivity contribution is 5.22. The molecule has 0 bridgehead atoms. The third-order valence-corrected chi connectivity index (χ3v) is 9.24. The zero-order valence-electron chi connectivity index (χ0n) is 15.2. The highest BCUT2D eigenvalue weighted by atomic mass is 14.6. The van der Waals surface area contributed by atoms with Crippen molar-refractivity contribution in [2.45, 2.75) is 85.0 Å². The van der Waals surface area contributed by atoms with Gasteiger partial charge in [0.15, 0.2) is 0 Å². The summed E-state index contributed by atoms with van der Waals surface area (Å²) in [5, 5.41) is 0. The summed E-state index contributed by atoms with van der Waals surface area (Å²) >= 11 is 0. The number of hydrogen-bond donors (Lipinski definition) is 0. The molecular weight excluding hydrogens is 264 g/mol. The molecule has 0 nitrogen and oxygen atoms in total. The fourth-order valence-corrected chi connectivity index (χ4v) is 8.22. The highest BCUT2D eigenvalue weighted by Gasteiger charge is 2.60. The van der Waals surface area contributed by atoms with Crippen molar-refractivity contribution < 1.29 is 0 Å². The fraction of sp³-hybridized carbons (Fsp3) is 0.909. The van der Waals surface area contributed by atoms with Crippen LogP contribution in [-0.2, 0) is 0 Å². The molecule has 7 atom stereocenters. The number of allylic oxidation sites excluding steroid dienone is 1. The van der Waals surface area contributed by atoms with E-state index in [1.807, 2.05) is 0 Å². The third kappa shape index (κ3) is 1.82. The average Bonchev–Trinajstić information content (AvgIpc) is 2.85. The maximum Gasteiger partial charge on any atom is -0.00622 e. The molecule has 0 aromatic rings. The molecule has 0 amide bonds. The highest BCUT2D eigenvalue weighted by Crippen LogP contribution is 2.68. The third-order valence-electron chi connectivity index (χ3n) is 9.24. The van der Waals surface area contributed by atoms with E-state index in [4.69, 9.17) is 0 Å². The topological polar surface area (TPSA) is 0 Å². The summed E-state index contributed by atoms with van der Waals surface area (Å²) in [6, 6.07) is 0. The fourth-order valence-electron chi connectivity index (χ4n) is 8.22. The van der Waals surface area contributed by atoms with Crippen LogP contribution in [0.3, 0.4) is 0 Å². The Balaban J connectivity index is 1.70. The molecule has 0 aromatic carbocycles. The summed E-state index contributed by atoms with van der Waals surface area (Å²) in [7, 11) is 0. The monoisotopic (exact) mass is 300 g/mol.